The average molecular weight is 354 g/mol. The first-order valence-electron chi connectivity index (χ1n) is 7.64. The number of hydrogen-bond donors (Lipinski definition) is 2. The molecular formula is C17H26N2O6. The zero-order chi connectivity index (χ0) is 19.3. The second-order valence-corrected chi connectivity index (χ2v) is 5.85. The Morgan fingerprint density at radius 2 is 1.72 bits per heavy atom. The molecule has 0 fully saturated rings. The molecule has 0 bridgehead atoms. The van der Waals surface area contributed by atoms with E-state index < -0.39 is 17.8 Å². The smallest absolute Gasteiger partial charge is 0.407 e. The maximum Gasteiger partial charge on any atom is 0.407 e. The van der Waals surface area contributed by atoms with Crippen LogP contribution in [0.25, 0.3) is 0 Å². The summed E-state index contributed by atoms with van der Waals surface area (Å²) in [5.74, 6) is -0.360. The maximum atomic E-state index is 11.0. The van der Waals surface area contributed by atoms with Crippen LogP contribution >= 0.6 is 0 Å². The van der Waals surface area contributed by atoms with Crippen LogP contribution in [0, 0.1) is 0 Å². The summed E-state index contributed by atoms with van der Waals surface area (Å²) in [7, 11) is 1.30. The standard InChI is InChI=1S/C9H17NO4.C8H9NO2/c1-9(2,3)14-8(12)10-6-5-7(11)13-4;9-8(10)11-6-7-4-2-1-3-5-7/h5-6H2,1-4H3,(H,10,12);1-5H,6H2,(H2,9,10). The van der Waals surface area contributed by atoms with Crippen molar-refractivity contribution in [3.05, 3.63) is 35.9 Å². The number of methoxy groups -OCH3 is 1. The summed E-state index contributed by atoms with van der Waals surface area (Å²) in [5, 5.41) is 2.44. The number of nitrogens with one attached hydrogen (secondary N) is 1. The van der Waals surface area contributed by atoms with Gasteiger partial charge in [-0.1, -0.05) is 30.3 Å². The summed E-state index contributed by atoms with van der Waals surface area (Å²) < 4.78 is 13.9. The number of primary amides is 1. The molecule has 1 rings (SSSR count). The van der Waals surface area contributed by atoms with Gasteiger partial charge in [-0.05, 0) is 26.3 Å². The van der Waals surface area contributed by atoms with Crippen molar-refractivity contribution >= 4 is 18.2 Å². The van der Waals surface area contributed by atoms with Crippen LogP contribution in [0.2, 0.25) is 0 Å². The van der Waals surface area contributed by atoms with Gasteiger partial charge in [0.25, 0.3) is 0 Å². The Morgan fingerprint density at radius 3 is 2.20 bits per heavy atom. The third-order valence-corrected chi connectivity index (χ3v) is 2.45. The Kier molecular flexibility index (Phi) is 10.4. The number of alkyl carbamates (subject to hydrolysis) is 1. The second-order valence-electron chi connectivity index (χ2n) is 5.85. The van der Waals surface area contributed by atoms with E-state index in [1.807, 2.05) is 30.3 Å². The summed E-state index contributed by atoms with van der Waals surface area (Å²) in [6.07, 6.45) is -1.12. The third kappa shape index (κ3) is 14.5. The highest BCUT2D eigenvalue weighted by Crippen LogP contribution is 2.06. The minimum Gasteiger partial charge on any atom is -0.469 e. The number of esters is 1. The molecule has 0 radical (unpaired) electrons. The lowest BCUT2D eigenvalue weighted by Gasteiger charge is -2.19. The molecule has 0 aliphatic rings. The van der Waals surface area contributed by atoms with Crippen LogP contribution in [0.4, 0.5) is 9.59 Å². The molecule has 0 saturated heterocycles. The lowest BCUT2D eigenvalue weighted by atomic mass is 10.2. The molecule has 0 saturated carbocycles. The van der Waals surface area contributed by atoms with Gasteiger partial charge in [0.1, 0.15) is 12.2 Å². The first kappa shape index (κ1) is 22.2. The fourth-order valence-corrected chi connectivity index (χ4v) is 1.41. The highest BCUT2D eigenvalue weighted by Gasteiger charge is 2.15. The van der Waals surface area contributed by atoms with Gasteiger partial charge in [0.05, 0.1) is 13.5 Å². The number of hydrogen-bond acceptors (Lipinski definition) is 6. The number of carbonyl (C=O) groups is 3. The molecule has 0 spiro atoms. The predicted octanol–water partition coefficient (Wildman–Crippen LogP) is 2.36. The molecule has 1 aromatic carbocycles. The molecule has 0 unspecified atom stereocenters. The van der Waals surface area contributed by atoms with Gasteiger partial charge in [-0.3, -0.25) is 4.79 Å². The lowest BCUT2D eigenvalue weighted by Crippen LogP contribution is -2.33. The molecule has 1 aromatic rings. The second kappa shape index (κ2) is 11.7. The summed E-state index contributed by atoms with van der Waals surface area (Å²) in [6.45, 7) is 5.78. The minimum atomic E-state index is -0.742. The van der Waals surface area contributed by atoms with Crippen molar-refractivity contribution in [2.45, 2.75) is 39.4 Å². The molecule has 0 heterocycles. The topological polar surface area (TPSA) is 117 Å². The monoisotopic (exact) mass is 354 g/mol. The first-order chi connectivity index (χ1) is 11.6. The van der Waals surface area contributed by atoms with E-state index in [1.165, 1.54) is 7.11 Å². The Balaban J connectivity index is 0.000000472. The van der Waals surface area contributed by atoms with E-state index in [9.17, 15) is 14.4 Å². The largest absolute Gasteiger partial charge is 0.469 e. The summed E-state index contributed by atoms with van der Waals surface area (Å²) >= 11 is 0. The SMILES string of the molecule is COC(=O)CCNC(=O)OC(C)(C)C.NC(=O)OCc1ccccc1. The molecule has 3 N–H and O–H groups in total. The molecule has 8 heteroatoms. The number of benzene rings is 1. The van der Waals surface area contributed by atoms with Gasteiger partial charge in [0.15, 0.2) is 0 Å². The van der Waals surface area contributed by atoms with E-state index >= 15 is 0 Å². The van der Waals surface area contributed by atoms with Crippen molar-refractivity contribution in [1.29, 1.82) is 0 Å². The van der Waals surface area contributed by atoms with Crippen molar-refractivity contribution in [1.82, 2.24) is 5.32 Å². The average Bonchev–Trinajstić information content (AvgIpc) is 2.52. The van der Waals surface area contributed by atoms with E-state index in [0.29, 0.717) is 0 Å². The van der Waals surface area contributed by atoms with Crippen LogP contribution in [0.15, 0.2) is 30.3 Å². The molecule has 2 amide bonds. The maximum absolute atomic E-state index is 11.0. The minimum absolute atomic E-state index is 0.149. The molecule has 25 heavy (non-hydrogen) atoms. The van der Waals surface area contributed by atoms with E-state index in [-0.39, 0.29) is 25.5 Å². The molecular weight excluding hydrogens is 328 g/mol. The van der Waals surface area contributed by atoms with Gasteiger partial charge in [0, 0.05) is 6.54 Å². The normalized spacial score (nSPS) is 9.92. The van der Waals surface area contributed by atoms with Crippen molar-refractivity contribution in [2.75, 3.05) is 13.7 Å². The summed E-state index contributed by atoms with van der Waals surface area (Å²) in [4.78, 5) is 31.9. The van der Waals surface area contributed by atoms with Gasteiger partial charge in [-0.2, -0.15) is 0 Å². The first-order valence-corrected chi connectivity index (χ1v) is 7.64. The third-order valence-electron chi connectivity index (χ3n) is 2.45. The Hall–Kier alpha value is -2.77. The Labute approximate surface area is 147 Å². The van der Waals surface area contributed by atoms with Gasteiger partial charge in [0.2, 0.25) is 0 Å². The fraction of sp³-hybridized carbons (Fsp3) is 0.471. The molecule has 0 aromatic heterocycles. The van der Waals surface area contributed by atoms with Crippen LogP contribution in [-0.2, 0) is 25.6 Å². The van der Waals surface area contributed by atoms with Gasteiger partial charge < -0.3 is 25.3 Å². The lowest BCUT2D eigenvalue weighted by molar-refractivity contribution is -0.140. The van der Waals surface area contributed by atoms with E-state index in [2.05, 4.69) is 14.8 Å². The van der Waals surface area contributed by atoms with Crippen molar-refractivity contribution < 1.29 is 28.6 Å². The molecule has 0 aliphatic carbocycles. The van der Waals surface area contributed by atoms with E-state index in [4.69, 9.17) is 10.5 Å². The number of rotatable bonds is 5. The Morgan fingerprint density at radius 1 is 1.12 bits per heavy atom. The molecule has 0 atom stereocenters. The van der Waals surface area contributed by atoms with Gasteiger partial charge in [-0.15, -0.1) is 0 Å². The highest BCUT2D eigenvalue weighted by molar-refractivity contribution is 5.71. The highest BCUT2D eigenvalue weighted by atomic mass is 16.6. The van der Waals surface area contributed by atoms with E-state index in [1.54, 1.807) is 20.8 Å². The predicted molar refractivity (Wildman–Crippen MR) is 91.7 cm³/mol. The number of amides is 2. The van der Waals surface area contributed by atoms with Crippen molar-refractivity contribution in [2.24, 2.45) is 5.73 Å². The fourth-order valence-electron chi connectivity index (χ4n) is 1.41. The van der Waals surface area contributed by atoms with Crippen LogP contribution < -0.4 is 11.1 Å². The summed E-state index contributed by atoms with van der Waals surface area (Å²) in [5.41, 5.74) is 5.20. The van der Waals surface area contributed by atoms with Gasteiger partial charge in [-0.25, -0.2) is 9.59 Å². The number of ether oxygens (including phenoxy) is 3. The number of carbonyl (C=O) groups excluding carboxylic acids is 3. The van der Waals surface area contributed by atoms with Crippen molar-refractivity contribution in [3.63, 3.8) is 0 Å². The zero-order valence-electron chi connectivity index (χ0n) is 15.0. The van der Waals surface area contributed by atoms with E-state index in [0.717, 1.165) is 5.56 Å². The van der Waals surface area contributed by atoms with Crippen LogP contribution in [0.5, 0.6) is 0 Å². The molecule has 8 nitrogen and oxygen atoms in total. The quantitative estimate of drug-likeness (QED) is 0.619. The molecule has 140 valence electrons. The van der Waals surface area contributed by atoms with Crippen LogP contribution in [-0.4, -0.2) is 37.4 Å². The Bertz CT molecular complexity index is 540. The number of nitrogens with two attached hydrogens (primary N) is 1. The summed E-state index contributed by atoms with van der Waals surface area (Å²) in [6, 6.07) is 9.37. The zero-order valence-corrected chi connectivity index (χ0v) is 15.0. The van der Waals surface area contributed by atoms with Crippen LogP contribution in [0.1, 0.15) is 32.8 Å². The molecule has 0 aliphatic heterocycles. The van der Waals surface area contributed by atoms with Crippen molar-refractivity contribution in [3.8, 4) is 0 Å². The van der Waals surface area contributed by atoms with Crippen LogP contribution in [0.3, 0.4) is 0 Å². The van der Waals surface area contributed by atoms with Gasteiger partial charge >= 0.3 is 18.2 Å².